The maximum Gasteiger partial charge on any atom is 0.314 e. The van der Waals surface area contributed by atoms with Crippen LogP contribution in [0, 0.1) is 13.8 Å². The van der Waals surface area contributed by atoms with E-state index in [2.05, 4.69) is 31.5 Å². The Labute approximate surface area is 106 Å². The van der Waals surface area contributed by atoms with Gasteiger partial charge in [-0.25, -0.2) is 0 Å². The van der Waals surface area contributed by atoms with E-state index in [1.807, 2.05) is 12.1 Å². The van der Waals surface area contributed by atoms with Crippen molar-refractivity contribution in [2.75, 3.05) is 0 Å². The lowest BCUT2D eigenvalue weighted by Crippen LogP contribution is -2.19. The van der Waals surface area contributed by atoms with Gasteiger partial charge >= 0.3 is 5.97 Å². The first-order chi connectivity index (χ1) is 8.47. The number of hydrogen-bond acceptors (Lipinski definition) is 1. The zero-order valence-electron chi connectivity index (χ0n) is 10.9. The van der Waals surface area contributed by atoms with E-state index in [1.165, 1.54) is 22.2 Å². The number of aliphatic carboxylic acids is 1. The van der Waals surface area contributed by atoms with Crippen molar-refractivity contribution in [1.29, 1.82) is 0 Å². The van der Waals surface area contributed by atoms with Crippen LogP contribution in [0.4, 0.5) is 0 Å². The molecule has 1 aromatic heterocycles. The second-order valence-electron chi connectivity index (χ2n) is 5.39. The first kappa shape index (κ1) is 11.3. The molecule has 1 aromatic carbocycles. The molecule has 1 aliphatic rings. The molecule has 0 atom stereocenters. The molecular formula is C15H17NO2. The van der Waals surface area contributed by atoms with Crippen molar-refractivity contribution in [2.24, 2.45) is 7.05 Å². The minimum absolute atomic E-state index is 0.607. The lowest BCUT2D eigenvalue weighted by molar-refractivity contribution is -0.140. The zero-order valence-corrected chi connectivity index (χ0v) is 10.9. The molecule has 2 aromatic rings. The Bertz CT molecular complexity index is 663. The molecule has 1 fully saturated rings. The summed E-state index contributed by atoms with van der Waals surface area (Å²) in [5.74, 6) is -0.688. The lowest BCUT2D eigenvalue weighted by atomic mass is 9.94. The van der Waals surface area contributed by atoms with Gasteiger partial charge in [0.2, 0.25) is 0 Å². The molecule has 3 nitrogen and oxygen atoms in total. The van der Waals surface area contributed by atoms with E-state index in [4.69, 9.17) is 0 Å². The van der Waals surface area contributed by atoms with Crippen LogP contribution in [0.2, 0.25) is 0 Å². The molecule has 0 bridgehead atoms. The topological polar surface area (TPSA) is 42.2 Å². The molecule has 0 amide bonds. The summed E-state index contributed by atoms with van der Waals surface area (Å²) in [6.45, 7) is 4.20. The van der Waals surface area contributed by atoms with E-state index in [-0.39, 0.29) is 0 Å². The van der Waals surface area contributed by atoms with Crippen molar-refractivity contribution in [3.8, 4) is 0 Å². The predicted octanol–water partition coefficient (Wildman–Crippen LogP) is 2.91. The molecule has 3 heteroatoms. The third-order valence-corrected chi connectivity index (χ3v) is 4.52. The molecule has 3 rings (SSSR count). The van der Waals surface area contributed by atoms with Gasteiger partial charge < -0.3 is 9.67 Å². The molecule has 18 heavy (non-hydrogen) atoms. The number of hydrogen-bond donors (Lipinski definition) is 1. The van der Waals surface area contributed by atoms with E-state index in [0.29, 0.717) is 0 Å². The van der Waals surface area contributed by atoms with Crippen LogP contribution in [0.3, 0.4) is 0 Å². The van der Waals surface area contributed by atoms with Gasteiger partial charge in [0.05, 0.1) is 5.41 Å². The van der Waals surface area contributed by atoms with Gasteiger partial charge in [0.1, 0.15) is 0 Å². The largest absolute Gasteiger partial charge is 0.481 e. The van der Waals surface area contributed by atoms with Gasteiger partial charge in [-0.1, -0.05) is 6.07 Å². The summed E-state index contributed by atoms with van der Waals surface area (Å²) < 4.78 is 2.16. The third-order valence-electron chi connectivity index (χ3n) is 4.52. The first-order valence-corrected chi connectivity index (χ1v) is 6.27. The van der Waals surface area contributed by atoms with Crippen LogP contribution in [0.15, 0.2) is 18.2 Å². The Balaban J connectivity index is 2.24. The van der Waals surface area contributed by atoms with Gasteiger partial charge in [-0.3, -0.25) is 4.79 Å². The van der Waals surface area contributed by atoms with Crippen LogP contribution in [0.1, 0.15) is 29.7 Å². The molecule has 0 unspecified atom stereocenters. The third kappa shape index (κ3) is 1.27. The van der Waals surface area contributed by atoms with Crippen LogP contribution in [0.25, 0.3) is 10.9 Å². The van der Waals surface area contributed by atoms with Gasteiger partial charge in [-0.15, -0.1) is 0 Å². The fourth-order valence-electron chi connectivity index (χ4n) is 2.80. The summed E-state index contributed by atoms with van der Waals surface area (Å²) in [4.78, 5) is 11.4. The second-order valence-corrected chi connectivity index (χ2v) is 5.39. The predicted molar refractivity (Wildman–Crippen MR) is 70.9 cm³/mol. The summed E-state index contributed by atoms with van der Waals surface area (Å²) in [6, 6.07) is 6.09. The highest BCUT2D eigenvalue weighted by atomic mass is 16.4. The molecule has 1 aliphatic carbocycles. The highest BCUT2D eigenvalue weighted by Gasteiger charge is 2.51. The Morgan fingerprint density at radius 2 is 2.00 bits per heavy atom. The van der Waals surface area contributed by atoms with Crippen molar-refractivity contribution in [1.82, 2.24) is 4.57 Å². The number of aromatic nitrogens is 1. The second kappa shape index (κ2) is 3.37. The molecule has 1 N–H and O–H groups in total. The average molecular weight is 243 g/mol. The highest BCUT2D eigenvalue weighted by Crippen LogP contribution is 2.49. The van der Waals surface area contributed by atoms with E-state index in [9.17, 15) is 9.90 Å². The van der Waals surface area contributed by atoms with Crippen molar-refractivity contribution >= 4 is 16.9 Å². The Hall–Kier alpha value is -1.77. The Morgan fingerprint density at radius 3 is 2.56 bits per heavy atom. The van der Waals surface area contributed by atoms with Gasteiger partial charge in [-0.2, -0.15) is 0 Å². The molecular weight excluding hydrogens is 226 g/mol. The number of carbonyl (C=O) groups is 1. The number of rotatable bonds is 2. The molecule has 0 aliphatic heterocycles. The van der Waals surface area contributed by atoms with E-state index in [1.54, 1.807) is 0 Å². The summed E-state index contributed by atoms with van der Waals surface area (Å²) in [6.07, 6.45) is 1.53. The van der Waals surface area contributed by atoms with Crippen molar-refractivity contribution < 1.29 is 9.90 Å². The number of benzene rings is 1. The van der Waals surface area contributed by atoms with Crippen molar-refractivity contribution in [3.05, 3.63) is 35.0 Å². The van der Waals surface area contributed by atoms with Crippen LogP contribution < -0.4 is 0 Å². The fourth-order valence-corrected chi connectivity index (χ4v) is 2.80. The van der Waals surface area contributed by atoms with Crippen LogP contribution in [0.5, 0.6) is 0 Å². The summed E-state index contributed by atoms with van der Waals surface area (Å²) in [5, 5.41) is 10.5. The molecule has 1 heterocycles. The summed E-state index contributed by atoms with van der Waals surface area (Å²) in [7, 11) is 2.05. The maximum atomic E-state index is 11.4. The van der Waals surface area contributed by atoms with Crippen LogP contribution in [-0.4, -0.2) is 15.6 Å². The van der Waals surface area contributed by atoms with Gasteiger partial charge in [-0.05, 0) is 49.9 Å². The molecule has 94 valence electrons. The average Bonchev–Trinajstić information content (AvgIpc) is 3.13. The number of fused-ring (bicyclic) bond motifs is 1. The van der Waals surface area contributed by atoms with Gasteiger partial charge in [0, 0.05) is 23.6 Å². The monoisotopic (exact) mass is 243 g/mol. The number of carboxylic acid groups (broad SMARTS) is 1. The minimum Gasteiger partial charge on any atom is -0.481 e. The molecule has 0 radical (unpaired) electrons. The standard InChI is InChI=1S/C15H17NO2/c1-9-10(2)16(3)13-5-4-11(8-12(9)13)15(6-7-15)14(17)18/h4-5,8H,6-7H2,1-3H3,(H,17,18). The highest BCUT2D eigenvalue weighted by molar-refractivity contribution is 5.90. The minimum atomic E-state index is -0.688. The quantitative estimate of drug-likeness (QED) is 0.881. The van der Waals surface area contributed by atoms with Gasteiger partial charge in [0.25, 0.3) is 0 Å². The number of aryl methyl sites for hydroxylation is 2. The number of carboxylic acids is 1. The molecule has 0 saturated heterocycles. The Morgan fingerprint density at radius 1 is 1.33 bits per heavy atom. The van der Waals surface area contributed by atoms with Crippen molar-refractivity contribution in [2.45, 2.75) is 32.1 Å². The number of nitrogens with zero attached hydrogens (tertiary/aromatic N) is 1. The van der Waals surface area contributed by atoms with E-state index < -0.39 is 11.4 Å². The first-order valence-electron chi connectivity index (χ1n) is 6.27. The van der Waals surface area contributed by atoms with E-state index >= 15 is 0 Å². The lowest BCUT2D eigenvalue weighted by Gasteiger charge is -2.10. The summed E-state index contributed by atoms with van der Waals surface area (Å²) in [5.41, 5.74) is 4.01. The van der Waals surface area contributed by atoms with Crippen molar-refractivity contribution in [3.63, 3.8) is 0 Å². The normalized spacial score (nSPS) is 17.1. The SMILES string of the molecule is Cc1c(C)n(C)c2ccc(C3(C(=O)O)CC3)cc12. The van der Waals surface area contributed by atoms with Crippen LogP contribution in [-0.2, 0) is 17.3 Å². The van der Waals surface area contributed by atoms with E-state index in [0.717, 1.165) is 18.4 Å². The van der Waals surface area contributed by atoms with Gasteiger partial charge in [0.15, 0.2) is 0 Å². The Kier molecular flexibility index (Phi) is 2.12. The smallest absolute Gasteiger partial charge is 0.314 e. The molecule has 0 spiro atoms. The summed E-state index contributed by atoms with van der Waals surface area (Å²) >= 11 is 0. The maximum absolute atomic E-state index is 11.4. The fraction of sp³-hybridized carbons (Fsp3) is 0.400. The van der Waals surface area contributed by atoms with Crippen LogP contribution >= 0.6 is 0 Å². The zero-order chi connectivity index (χ0) is 13.1. The molecule has 1 saturated carbocycles.